The van der Waals surface area contributed by atoms with E-state index < -0.39 is 30.1 Å². The van der Waals surface area contributed by atoms with Crippen molar-refractivity contribution in [1.29, 1.82) is 0 Å². The maximum absolute atomic E-state index is 13.4. The third-order valence-electron chi connectivity index (χ3n) is 4.32. The van der Waals surface area contributed by atoms with E-state index in [0.29, 0.717) is 11.1 Å². The fourth-order valence-electron chi connectivity index (χ4n) is 2.72. The lowest BCUT2D eigenvalue weighted by Gasteiger charge is -2.15. The number of aryl methyl sites for hydroxylation is 1. The van der Waals surface area contributed by atoms with Crippen LogP contribution < -0.4 is 10.6 Å². The summed E-state index contributed by atoms with van der Waals surface area (Å²) in [5.41, 5.74) is 1.02. The number of ether oxygens (including phenoxy) is 1. The van der Waals surface area contributed by atoms with Crippen molar-refractivity contribution in [2.75, 3.05) is 10.6 Å². The van der Waals surface area contributed by atoms with Crippen molar-refractivity contribution in [2.24, 2.45) is 7.05 Å². The Hall–Kier alpha value is -3.96. The minimum Gasteiger partial charge on any atom is -0.441 e. The van der Waals surface area contributed by atoms with E-state index in [2.05, 4.69) is 15.6 Å². The highest BCUT2D eigenvalue weighted by atomic mass is 19.4. The van der Waals surface area contributed by atoms with Gasteiger partial charge in [0, 0.05) is 18.3 Å². The Labute approximate surface area is 192 Å². The van der Waals surface area contributed by atoms with E-state index in [1.807, 2.05) is 13.8 Å². The van der Waals surface area contributed by atoms with E-state index in [9.17, 15) is 27.2 Å². The summed E-state index contributed by atoms with van der Waals surface area (Å²) in [6.45, 7) is 5.57. The van der Waals surface area contributed by atoms with Gasteiger partial charge < -0.3 is 10.1 Å². The first-order valence-electron chi connectivity index (χ1n) is 10.2. The van der Waals surface area contributed by atoms with Gasteiger partial charge in [0.1, 0.15) is 17.6 Å². The summed E-state index contributed by atoms with van der Waals surface area (Å²) in [5.74, 6) is -2.40. The number of carbonyl (C=O) groups excluding carboxylic acids is 2. The van der Waals surface area contributed by atoms with Gasteiger partial charge in [0.25, 0.3) is 0 Å². The van der Waals surface area contributed by atoms with Gasteiger partial charge in [-0.3, -0.25) is 10.1 Å². The number of hydrogen-bond donors (Lipinski definition) is 2. The van der Waals surface area contributed by atoms with Crippen LogP contribution in [0.1, 0.15) is 32.4 Å². The number of rotatable bonds is 5. The first-order valence-corrected chi connectivity index (χ1v) is 10.2. The van der Waals surface area contributed by atoms with Gasteiger partial charge in [0.05, 0.1) is 0 Å². The molecule has 8 nitrogen and oxygen atoms in total. The monoisotopic (exact) mass is 481 g/mol. The van der Waals surface area contributed by atoms with Crippen LogP contribution >= 0.6 is 0 Å². The van der Waals surface area contributed by atoms with E-state index in [0.717, 1.165) is 0 Å². The van der Waals surface area contributed by atoms with Crippen LogP contribution in [-0.2, 0) is 16.6 Å². The smallest absolute Gasteiger partial charge is 0.441 e. The molecule has 0 aliphatic carbocycles. The average Bonchev–Trinajstić information content (AvgIpc) is 3.15. The number of nitrogens with zero attached hydrogens (tertiary/aromatic N) is 3. The summed E-state index contributed by atoms with van der Waals surface area (Å²) < 4.78 is 57.0. The predicted molar refractivity (Wildman–Crippen MR) is 117 cm³/mol. The van der Waals surface area contributed by atoms with Gasteiger partial charge in [-0.25, -0.2) is 13.9 Å². The molecular formula is C22H23F4N5O3. The molecule has 3 rings (SSSR count). The molecule has 0 saturated heterocycles. The molecule has 1 aromatic heterocycles. The molecule has 0 unspecified atom stereocenters. The summed E-state index contributed by atoms with van der Waals surface area (Å²) >= 11 is 0. The fraction of sp³-hybridized carbons (Fsp3) is 0.273. The van der Waals surface area contributed by atoms with Crippen molar-refractivity contribution in [3.8, 4) is 11.3 Å². The molecule has 34 heavy (non-hydrogen) atoms. The van der Waals surface area contributed by atoms with Crippen LogP contribution in [0.15, 0.2) is 48.5 Å². The molecule has 1 atom stereocenters. The van der Waals surface area contributed by atoms with Crippen molar-refractivity contribution in [1.82, 2.24) is 15.0 Å². The van der Waals surface area contributed by atoms with Crippen LogP contribution in [0.2, 0.25) is 0 Å². The van der Waals surface area contributed by atoms with Crippen LogP contribution in [-0.4, -0.2) is 33.2 Å². The van der Waals surface area contributed by atoms with E-state index in [1.54, 1.807) is 18.3 Å². The van der Waals surface area contributed by atoms with Gasteiger partial charge in [-0.15, -0.1) is 5.10 Å². The van der Waals surface area contributed by atoms with Gasteiger partial charge in [-0.1, -0.05) is 43.3 Å². The maximum Gasteiger partial charge on any atom is 0.471 e. The van der Waals surface area contributed by atoms with Crippen LogP contribution in [0, 0.1) is 5.82 Å². The number of alkyl halides is 3. The molecule has 2 amide bonds. The van der Waals surface area contributed by atoms with Crippen LogP contribution in [0.5, 0.6) is 0 Å². The molecule has 2 N–H and O–H groups in total. The van der Waals surface area contributed by atoms with Crippen molar-refractivity contribution in [3.05, 3.63) is 59.9 Å². The van der Waals surface area contributed by atoms with Gasteiger partial charge in [-0.2, -0.15) is 13.2 Å². The van der Waals surface area contributed by atoms with Gasteiger partial charge in [0.2, 0.25) is 0 Å². The molecule has 0 radical (unpaired) electrons. The molecule has 1 heterocycles. The molecule has 182 valence electrons. The third-order valence-corrected chi connectivity index (χ3v) is 4.32. The minimum atomic E-state index is -5.01. The zero-order valence-corrected chi connectivity index (χ0v) is 18.8. The molecule has 0 aliphatic rings. The Morgan fingerprint density at radius 3 is 2.29 bits per heavy atom. The molecular weight excluding hydrogens is 458 g/mol. The molecule has 0 fully saturated rings. The number of amides is 2. The van der Waals surface area contributed by atoms with Gasteiger partial charge in [-0.05, 0) is 36.8 Å². The second-order valence-corrected chi connectivity index (χ2v) is 6.67. The minimum absolute atomic E-state index is 0.0715. The summed E-state index contributed by atoms with van der Waals surface area (Å²) in [4.78, 5) is 23.4. The number of carbonyl (C=O) groups is 2. The summed E-state index contributed by atoms with van der Waals surface area (Å²) in [6.07, 6.45) is -6.60. The predicted octanol–water partition coefficient (Wildman–Crippen LogP) is 5.46. The lowest BCUT2D eigenvalue weighted by atomic mass is 10.1. The van der Waals surface area contributed by atoms with Gasteiger partial charge >= 0.3 is 18.2 Å². The summed E-state index contributed by atoms with van der Waals surface area (Å²) in [7, 11) is 1.51. The molecule has 3 aromatic rings. The van der Waals surface area contributed by atoms with E-state index >= 15 is 0 Å². The number of hydrogen-bond acceptors (Lipinski definition) is 5. The van der Waals surface area contributed by atoms with Crippen molar-refractivity contribution in [3.63, 3.8) is 0 Å². The lowest BCUT2D eigenvalue weighted by molar-refractivity contribution is -0.167. The Balaban J connectivity index is 0.00000199. The zero-order valence-electron chi connectivity index (χ0n) is 18.8. The fourth-order valence-corrected chi connectivity index (χ4v) is 2.72. The van der Waals surface area contributed by atoms with Crippen LogP contribution in [0.25, 0.3) is 11.3 Å². The molecule has 0 bridgehead atoms. The summed E-state index contributed by atoms with van der Waals surface area (Å²) in [5, 5.41) is 12.0. The Morgan fingerprint density at radius 2 is 1.71 bits per heavy atom. The largest absolute Gasteiger partial charge is 0.471 e. The Morgan fingerprint density at radius 1 is 1.06 bits per heavy atom. The molecule has 0 aliphatic heterocycles. The highest BCUT2D eigenvalue weighted by Gasteiger charge is 2.38. The van der Waals surface area contributed by atoms with Crippen LogP contribution in [0.3, 0.4) is 0 Å². The molecule has 0 spiro atoms. The van der Waals surface area contributed by atoms with Crippen molar-refractivity contribution < 1.29 is 31.9 Å². The van der Waals surface area contributed by atoms with E-state index in [1.165, 1.54) is 54.2 Å². The topological polar surface area (TPSA) is 98.1 Å². The van der Waals surface area contributed by atoms with Crippen molar-refractivity contribution >= 4 is 23.5 Å². The highest BCUT2D eigenvalue weighted by molar-refractivity contribution is 5.95. The molecule has 12 heteroatoms. The second kappa shape index (κ2) is 11.3. The second-order valence-electron chi connectivity index (χ2n) is 6.67. The standard InChI is InChI=1S/C20H17F4N5O3.C2H6/c1-11(13-4-3-5-14(21)10-13)32-19(31)26-17-16(27-28-29(17)2)12-6-8-15(9-7-12)25-18(30)20(22,23)24;1-2/h3-11H,1-2H3,(H,25,30)(H,26,31);1-2H3/t11-;/m1./s1. The quantitative estimate of drug-likeness (QED) is 0.472. The Bertz CT molecular complexity index is 1130. The Kier molecular flexibility index (Phi) is 8.70. The first kappa shape index (κ1) is 26.3. The first-order chi connectivity index (χ1) is 16.0. The number of benzene rings is 2. The maximum atomic E-state index is 13.4. The van der Waals surface area contributed by atoms with Crippen molar-refractivity contribution in [2.45, 2.75) is 33.1 Å². The van der Waals surface area contributed by atoms with E-state index in [-0.39, 0.29) is 17.2 Å². The third kappa shape index (κ3) is 6.77. The number of nitrogens with one attached hydrogen (secondary N) is 2. The molecule has 2 aromatic carbocycles. The highest BCUT2D eigenvalue weighted by Crippen LogP contribution is 2.28. The van der Waals surface area contributed by atoms with Crippen LogP contribution in [0.4, 0.5) is 33.9 Å². The number of anilines is 2. The van der Waals surface area contributed by atoms with E-state index in [4.69, 9.17) is 4.74 Å². The summed E-state index contributed by atoms with van der Waals surface area (Å²) in [6, 6.07) is 10.9. The number of aromatic nitrogens is 3. The SMILES string of the molecule is CC.C[C@@H](OC(=O)Nc1c(-c2ccc(NC(=O)C(F)(F)F)cc2)nnn1C)c1cccc(F)c1. The number of halogens is 4. The zero-order chi connectivity index (χ0) is 25.5. The lowest BCUT2D eigenvalue weighted by Crippen LogP contribution is -2.29. The van der Waals surface area contributed by atoms with Gasteiger partial charge in [0.15, 0.2) is 5.82 Å². The molecule has 0 saturated carbocycles. The average molecular weight is 481 g/mol. The normalized spacial score (nSPS) is 11.6.